The van der Waals surface area contributed by atoms with Crippen LogP contribution < -0.4 is 10.2 Å². The molecule has 0 unspecified atom stereocenters. The van der Waals surface area contributed by atoms with E-state index in [1.165, 1.54) is 11.3 Å². The van der Waals surface area contributed by atoms with Gasteiger partial charge in [0.1, 0.15) is 0 Å². The lowest BCUT2D eigenvalue weighted by atomic mass is 10.1. The van der Waals surface area contributed by atoms with Gasteiger partial charge < -0.3 is 24.6 Å². The fraction of sp³-hybridized carbons (Fsp3) is 0.667. The molecule has 6 nitrogen and oxygen atoms in total. The Hall–Kier alpha value is -0.770. The Morgan fingerprint density at radius 1 is 1.24 bits per heavy atom. The fourth-order valence-corrected chi connectivity index (χ4v) is 3.95. The van der Waals surface area contributed by atoms with Gasteiger partial charge in [-0.05, 0) is 43.9 Å². The topological polar surface area (TPSA) is 49.3 Å². The molecule has 2 heterocycles. The molecule has 8 heteroatoms. The van der Waals surface area contributed by atoms with Crippen molar-refractivity contribution in [1.82, 2.24) is 10.2 Å². The molecule has 1 N–H and O–H groups in total. The molecule has 0 atom stereocenters. The Morgan fingerprint density at radius 3 is 2.66 bits per heavy atom. The molecule has 0 amide bonds. The third-order valence-corrected chi connectivity index (χ3v) is 5.66. The SMILES string of the molecule is CN=C(NCCCOC1CCOCC1)N1CCN(c2cc(Cl)ccc2C)CC1.I. The predicted molar refractivity (Wildman–Crippen MR) is 131 cm³/mol. The summed E-state index contributed by atoms with van der Waals surface area (Å²) in [6.45, 7) is 9.30. The van der Waals surface area contributed by atoms with Crippen LogP contribution in [-0.2, 0) is 9.47 Å². The fourth-order valence-electron chi connectivity index (χ4n) is 3.78. The van der Waals surface area contributed by atoms with Gasteiger partial charge in [0.15, 0.2) is 5.96 Å². The highest BCUT2D eigenvalue weighted by atomic mass is 127. The molecule has 2 aliphatic rings. The number of ether oxygens (including phenoxy) is 2. The van der Waals surface area contributed by atoms with Crippen LogP contribution >= 0.6 is 35.6 Å². The molecule has 1 aromatic carbocycles. The summed E-state index contributed by atoms with van der Waals surface area (Å²) >= 11 is 6.19. The summed E-state index contributed by atoms with van der Waals surface area (Å²) in [5.74, 6) is 0.980. The number of hydrogen-bond donors (Lipinski definition) is 1. The van der Waals surface area contributed by atoms with Crippen LogP contribution in [0.5, 0.6) is 0 Å². The van der Waals surface area contributed by atoms with Gasteiger partial charge in [0.2, 0.25) is 0 Å². The number of benzene rings is 1. The van der Waals surface area contributed by atoms with E-state index < -0.39 is 0 Å². The van der Waals surface area contributed by atoms with Gasteiger partial charge >= 0.3 is 0 Å². The molecule has 164 valence electrons. The van der Waals surface area contributed by atoms with Crippen LogP contribution in [0.3, 0.4) is 0 Å². The largest absolute Gasteiger partial charge is 0.381 e. The molecule has 29 heavy (non-hydrogen) atoms. The number of hydrogen-bond acceptors (Lipinski definition) is 4. The van der Waals surface area contributed by atoms with Crippen LogP contribution in [0.25, 0.3) is 0 Å². The van der Waals surface area contributed by atoms with Crippen molar-refractivity contribution in [2.45, 2.75) is 32.3 Å². The first-order chi connectivity index (χ1) is 13.7. The van der Waals surface area contributed by atoms with Gasteiger partial charge in [-0.25, -0.2) is 0 Å². The van der Waals surface area contributed by atoms with Crippen molar-refractivity contribution in [3.8, 4) is 0 Å². The van der Waals surface area contributed by atoms with E-state index in [4.69, 9.17) is 21.1 Å². The van der Waals surface area contributed by atoms with Crippen molar-refractivity contribution in [1.29, 1.82) is 0 Å². The van der Waals surface area contributed by atoms with Crippen molar-refractivity contribution in [3.63, 3.8) is 0 Å². The standard InChI is InChI=1S/C21H33ClN4O2.HI/c1-17-4-5-18(22)16-20(17)25-9-11-26(12-10-25)21(23-2)24-8-3-13-28-19-6-14-27-15-7-19;/h4-5,16,19H,3,6-15H2,1-2H3,(H,23,24);1H. The smallest absolute Gasteiger partial charge is 0.193 e. The van der Waals surface area contributed by atoms with Crippen molar-refractivity contribution in [2.75, 3.05) is 64.5 Å². The monoisotopic (exact) mass is 536 g/mol. The third-order valence-electron chi connectivity index (χ3n) is 5.43. The lowest BCUT2D eigenvalue weighted by Gasteiger charge is -2.38. The van der Waals surface area contributed by atoms with E-state index in [-0.39, 0.29) is 24.0 Å². The van der Waals surface area contributed by atoms with Crippen LogP contribution in [0.15, 0.2) is 23.2 Å². The number of piperazine rings is 1. The van der Waals surface area contributed by atoms with Crippen LogP contribution in [0.1, 0.15) is 24.8 Å². The van der Waals surface area contributed by atoms with Crippen LogP contribution in [0, 0.1) is 6.92 Å². The Balaban J connectivity index is 0.00000300. The van der Waals surface area contributed by atoms with Gasteiger partial charge in [0.05, 0.1) is 6.10 Å². The minimum absolute atomic E-state index is 0. The second kappa shape index (κ2) is 12.8. The Labute approximate surface area is 197 Å². The lowest BCUT2D eigenvalue weighted by molar-refractivity contribution is -0.0320. The molecule has 3 rings (SSSR count). The Kier molecular flexibility index (Phi) is 10.8. The summed E-state index contributed by atoms with van der Waals surface area (Å²) in [5, 5.41) is 4.28. The molecule has 2 fully saturated rings. The second-order valence-electron chi connectivity index (χ2n) is 7.41. The number of anilines is 1. The first-order valence-electron chi connectivity index (χ1n) is 10.3. The minimum atomic E-state index is 0. The van der Waals surface area contributed by atoms with Crippen molar-refractivity contribution >= 4 is 47.2 Å². The zero-order chi connectivity index (χ0) is 19.8. The lowest BCUT2D eigenvalue weighted by Crippen LogP contribution is -2.52. The van der Waals surface area contributed by atoms with Gasteiger partial charge in [-0.3, -0.25) is 4.99 Å². The molecule has 0 aromatic heterocycles. The average molecular weight is 537 g/mol. The van der Waals surface area contributed by atoms with E-state index in [0.29, 0.717) is 6.10 Å². The molecule has 0 saturated carbocycles. The maximum absolute atomic E-state index is 6.19. The highest BCUT2D eigenvalue weighted by molar-refractivity contribution is 14.0. The molecule has 0 aliphatic carbocycles. The number of rotatable bonds is 6. The molecular weight excluding hydrogens is 503 g/mol. The molecule has 0 bridgehead atoms. The van der Waals surface area contributed by atoms with Crippen LogP contribution in [-0.4, -0.2) is 76.6 Å². The van der Waals surface area contributed by atoms with Gasteiger partial charge in [-0.15, -0.1) is 24.0 Å². The maximum atomic E-state index is 6.19. The van der Waals surface area contributed by atoms with Crippen LogP contribution in [0.2, 0.25) is 5.02 Å². The average Bonchev–Trinajstić information content (AvgIpc) is 2.73. The normalized spacial score (nSPS) is 18.5. The highest BCUT2D eigenvalue weighted by Gasteiger charge is 2.21. The molecule has 0 spiro atoms. The maximum Gasteiger partial charge on any atom is 0.193 e. The van der Waals surface area contributed by atoms with Gasteiger partial charge in [-0.1, -0.05) is 17.7 Å². The first kappa shape index (κ1) is 24.5. The summed E-state index contributed by atoms with van der Waals surface area (Å²) in [5.41, 5.74) is 2.50. The predicted octanol–water partition coefficient (Wildman–Crippen LogP) is 3.55. The first-order valence-corrected chi connectivity index (χ1v) is 10.7. The summed E-state index contributed by atoms with van der Waals surface area (Å²) in [6, 6.07) is 6.11. The minimum Gasteiger partial charge on any atom is -0.381 e. The second-order valence-corrected chi connectivity index (χ2v) is 7.85. The van der Waals surface area contributed by atoms with Gasteiger partial charge in [0, 0.05) is 70.3 Å². The van der Waals surface area contributed by atoms with E-state index in [1.54, 1.807) is 0 Å². The zero-order valence-electron chi connectivity index (χ0n) is 17.5. The number of nitrogens with zero attached hydrogens (tertiary/aromatic N) is 3. The number of aryl methyl sites for hydroxylation is 1. The van der Waals surface area contributed by atoms with E-state index in [0.717, 1.165) is 82.8 Å². The van der Waals surface area contributed by atoms with E-state index in [1.807, 2.05) is 13.1 Å². The summed E-state index contributed by atoms with van der Waals surface area (Å²) in [7, 11) is 1.86. The number of halogens is 2. The van der Waals surface area contributed by atoms with Crippen molar-refractivity contribution in [2.24, 2.45) is 4.99 Å². The summed E-state index contributed by atoms with van der Waals surface area (Å²) < 4.78 is 11.3. The van der Waals surface area contributed by atoms with Crippen LogP contribution in [0.4, 0.5) is 5.69 Å². The Bertz CT molecular complexity index is 648. The molecule has 2 aliphatic heterocycles. The quantitative estimate of drug-likeness (QED) is 0.261. The number of aliphatic imine (C=N–C) groups is 1. The molecule has 0 radical (unpaired) electrons. The molecule has 1 aromatic rings. The van der Waals surface area contributed by atoms with Gasteiger partial charge in [-0.2, -0.15) is 0 Å². The Morgan fingerprint density at radius 2 is 1.97 bits per heavy atom. The van der Waals surface area contributed by atoms with E-state index >= 15 is 0 Å². The molecule has 2 saturated heterocycles. The van der Waals surface area contributed by atoms with Crippen molar-refractivity contribution < 1.29 is 9.47 Å². The highest BCUT2D eigenvalue weighted by Crippen LogP contribution is 2.25. The van der Waals surface area contributed by atoms with Gasteiger partial charge in [0.25, 0.3) is 0 Å². The summed E-state index contributed by atoms with van der Waals surface area (Å²) in [4.78, 5) is 9.20. The van der Waals surface area contributed by atoms with Crippen molar-refractivity contribution in [3.05, 3.63) is 28.8 Å². The van der Waals surface area contributed by atoms with E-state index in [2.05, 4.69) is 39.2 Å². The number of nitrogens with one attached hydrogen (secondary N) is 1. The molecular formula is C21H34ClIN4O2. The summed E-state index contributed by atoms with van der Waals surface area (Å²) in [6.07, 6.45) is 3.39. The zero-order valence-corrected chi connectivity index (χ0v) is 20.6. The van der Waals surface area contributed by atoms with E-state index in [9.17, 15) is 0 Å². The number of guanidine groups is 1. The third kappa shape index (κ3) is 7.45.